The first-order valence-corrected chi connectivity index (χ1v) is 7.90. The number of aryl methyl sites for hydroxylation is 1. The van der Waals surface area contributed by atoms with Gasteiger partial charge in [0.25, 0.3) is 0 Å². The van der Waals surface area contributed by atoms with Crippen LogP contribution in [0.3, 0.4) is 0 Å². The van der Waals surface area contributed by atoms with Crippen molar-refractivity contribution in [1.82, 2.24) is 8.97 Å². The smallest absolute Gasteiger partial charge is 0.123 e. The molecular weight excluding hydrogens is 280 g/mol. The number of benzene rings is 3. The Kier molecular flexibility index (Phi) is 2.45. The first kappa shape index (κ1) is 12.5. The van der Waals surface area contributed by atoms with Gasteiger partial charge in [0.15, 0.2) is 0 Å². The molecule has 2 nitrogen and oxygen atoms in total. The van der Waals surface area contributed by atoms with Crippen molar-refractivity contribution in [3.05, 3.63) is 84.4 Å². The first-order chi connectivity index (χ1) is 11.3. The van der Waals surface area contributed by atoms with Crippen molar-refractivity contribution in [2.24, 2.45) is 0 Å². The monoisotopic (exact) mass is 296 g/mol. The van der Waals surface area contributed by atoms with E-state index in [-0.39, 0.29) is 0 Å². The normalized spacial score (nSPS) is 11.7. The molecule has 0 saturated carbocycles. The van der Waals surface area contributed by atoms with Crippen LogP contribution in [-0.2, 0) is 0 Å². The highest BCUT2D eigenvalue weighted by atomic mass is 15.1. The Bertz CT molecular complexity index is 1160. The molecule has 0 aliphatic heterocycles. The van der Waals surface area contributed by atoms with Crippen molar-refractivity contribution in [2.45, 2.75) is 6.92 Å². The standard InChI is InChI=1S/C21H16N2/c1-15-11-12-16-14-21-22(17-7-3-2-4-8-17)18-9-5-6-10-19(18)23(21)20(16)13-15/h2-14H,1H3. The van der Waals surface area contributed by atoms with Crippen LogP contribution in [-0.4, -0.2) is 8.97 Å². The molecule has 0 atom stereocenters. The Morgan fingerprint density at radius 3 is 2.22 bits per heavy atom. The van der Waals surface area contributed by atoms with E-state index in [1.54, 1.807) is 0 Å². The lowest BCUT2D eigenvalue weighted by molar-refractivity contribution is 1.15. The molecule has 0 aliphatic carbocycles. The third-order valence-corrected chi connectivity index (χ3v) is 4.55. The van der Waals surface area contributed by atoms with Gasteiger partial charge in [-0.15, -0.1) is 0 Å². The Morgan fingerprint density at radius 2 is 1.39 bits per heavy atom. The summed E-state index contributed by atoms with van der Waals surface area (Å²) in [4.78, 5) is 0. The summed E-state index contributed by atoms with van der Waals surface area (Å²) in [6.07, 6.45) is 0. The van der Waals surface area contributed by atoms with Gasteiger partial charge in [-0.05, 0) is 48.9 Å². The van der Waals surface area contributed by atoms with Crippen LogP contribution >= 0.6 is 0 Å². The van der Waals surface area contributed by atoms with Crippen molar-refractivity contribution in [3.8, 4) is 5.69 Å². The molecule has 0 radical (unpaired) electrons. The van der Waals surface area contributed by atoms with E-state index >= 15 is 0 Å². The zero-order chi connectivity index (χ0) is 15.4. The minimum atomic E-state index is 1.19. The van der Waals surface area contributed by atoms with E-state index in [1.807, 2.05) is 0 Å². The quantitative estimate of drug-likeness (QED) is 0.395. The van der Waals surface area contributed by atoms with E-state index in [4.69, 9.17) is 0 Å². The zero-order valence-corrected chi connectivity index (χ0v) is 12.9. The van der Waals surface area contributed by atoms with E-state index in [9.17, 15) is 0 Å². The summed E-state index contributed by atoms with van der Waals surface area (Å²) in [7, 11) is 0. The van der Waals surface area contributed by atoms with Gasteiger partial charge in [-0.25, -0.2) is 0 Å². The summed E-state index contributed by atoms with van der Waals surface area (Å²) in [6, 6.07) is 28.1. The minimum Gasteiger partial charge on any atom is -0.294 e. The molecule has 0 bridgehead atoms. The third-order valence-electron chi connectivity index (χ3n) is 4.55. The fourth-order valence-corrected chi connectivity index (χ4v) is 3.53. The highest BCUT2D eigenvalue weighted by Gasteiger charge is 2.14. The zero-order valence-electron chi connectivity index (χ0n) is 12.9. The molecule has 2 heterocycles. The van der Waals surface area contributed by atoms with Crippen LogP contribution in [0.1, 0.15) is 5.56 Å². The average molecular weight is 296 g/mol. The van der Waals surface area contributed by atoms with E-state index in [0.717, 1.165) is 0 Å². The predicted octanol–water partition coefficient (Wildman–Crippen LogP) is 5.34. The maximum atomic E-state index is 2.37. The summed E-state index contributed by atoms with van der Waals surface area (Å²) in [5, 5.41) is 1.28. The molecule has 0 N–H and O–H groups in total. The summed E-state index contributed by atoms with van der Waals surface area (Å²) in [5.74, 6) is 0. The highest BCUT2D eigenvalue weighted by molar-refractivity contribution is 5.96. The second kappa shape index (κ2) is 4.50. The van der Waals surface area contributed by atoms with Gasteiger partial charge in [0, 0.05) is 11.1 Å². The number of aromatic nitrogens is 2. The molecule has 0 amide bonds. The molecule has 5 rings (SSSR count). The van der Waals surface area contributed by atoms with E-state index < -0.39 is 0 Å². The molecule has 2 aromatic heterocycles. The number of hydrogen-bond donors (Lipinski definition) is 0. The van der Waals surface area contributed by atoms with Gasteiger partial charge in [0.1, 0.15) is 5.65 Å². The number of imidazole rings is 1. The Morgan fingerprint density at radius 1 is 0.652 bits per heavy atom. The Labute approximate surface area is 134 Å². The lowest BCUT2D eigenvalue weighted by Crippen LogP contribution is -1.92. The fraction of sp³-hybridized carbons (Fsp3) is 0.0476. The molecule has 0 fully saturated rings. The van der Waals surface area contributed by atoms with Gasteiger partial charge < -0.3 is 0 Å². The molecule has 3 aromatic carbocycles. The number of nitrogens with zero attached hydrogens (tertiary/aromatic N) is 2. The average Bonchev–Trinajstić information content (AvgIpc) is 3.10. The minimum absolute atomic E-state index is 1.19. The second-order valence-corrected chi connectivity index (χ2v) is 6.06. The number of fused-ring (bicyclic) bond motifs is 5. The van der Waals surface area contributed by atoms with Gasteiger partial charge in [0.2, 0.25) is 0 Å². The van der Waals surface area contributed by atoms with Crippen LogP contribution in [0, 0.1) is 6.92 Å². The van der Waals surface area contributed by atoms with E-state index in [2.05, 4.69) is 94.8 Å². The lowest BCUT2D eigenvalue weighted by atomic mass is 10.2. The molecule has 2 heteroatoms. The summed E-state index contributed by atoms with van der Waals surface area (Å²) in [5.41, 5.74) is 7.43. The molecule has 0 aliphatic rings. The topological polar surface area (TPSA) is 9.34 Å². The van der Waals surface area contributed by atoms with Crippen LogP contribution in [0.4, 0.5) is 0 Å². The second-order valence-electron chi connectivity index (χ2n) is 6.06. The van der Waals surface area contributed by atoms with Gasteiger partial charge in [-0.3, -0.25) is 8.97 Å². The van der Waals surface area contributed by atoms with Crippen LogP contribution in [0.15, 0.2) is 78.9 Å². The Balaban J connectivity index is 2.05. The SMILES string of the molecule is Cc1ccc2cc3n(-c4ccccc4)c4ccccc4n3c2c1. The van der Waals surface area contributed by atoms with Crippen LogP contribution in [0.2, 0.25) is 0 Å². The van der Waals surface area contributed by atoms with Gasteiger partial charge >= 0.3 is 0 Å². The number of rotatable bonds is 1. The van der Waals surface area contributed by atoms with Gasteiger partial charge in [-0.2, -0.15) is 0 Å². The first-order valence-electron chi connectivity index (χ1n) is 7.90. The maximum Gasteiger partial charge on any atom is 0.123 e. The van der Waals surface area contributed by atoms with Crippen molar-refractivity contribution >= 4 is 27.6 Å². The molecule has 5 aromatic rings. The van der Waals surface area contributed by atoms with Crippen molar-refractivity contribution in [1.29, 1.82) is 0 Å². The van der Waals surface area contributed by atoms with E-state index in [0.29, 0.717) is 0 Å². The van der Waals surface area contributed by atoms with Crippen molar-refractivity contribution in [3.63, 3.8) is 0 Å². The molecule has 0 saturated heterocycles. The molecular formula is C21H16N2. The lowest BCUT2D eigenvalue weighted by Gasteiger charge is -2.04. The largest absolute Gasteiger partial charge is 0.294 e. The molecule has 0 spiro atoms. The highest BCUT2D eigenvalue weighted by Crippen LogP contribution is 2.31. The summed E-state index contributed by atoms with van der Waals surface area (Å²) >= 11 is 0. The molecule has 23 heavy (non-hydrogen) atoms. The van der Waals surface area contributed by atoms with Gasteiger partial charge in [-0.1, -0.05) is 42.5 Å². The molecule has 0 unspecified atom stereocenters. The summed E-state index contributed by atoms with van der Waals surface area (Å²) < 4.78 is 4.70. The Hall–Kier alpha value is -3.00. The van der Waals surface area contributed by atoms with Crippen LogP contribution in [0.5, 0.6) is 0 Å². The van der Waals surface area contributed by atoms with E-state index in [1.165, 1.54) is 38.8 Å². The maximum absolute atomic E-state index is 2.37. The van der Waals surface area contributed by atoms with Crippen molar-refractivity contribution < 1.29 is 0 Å². The predicted molar refractivity (Wildman–Crippen MR) is 96.5 cm³/mol. The number of hydrogen-bond acceptors (Lipinski definition) is 0. The van der Waals surface area contributed by atoms with Crippen LogP contribution < -0.4 is 0 Å². The summed E-state index contributed by atoms with van der Waals surface area (Å²) in [6.45, 7) is 2.15. The fourth-order valence-electron chi connectivity index (χ4n) is 3.53. The third kappa shape index (κ3) is 1.69. The van der Waals surface area contributed by atoms with Crippen LogP contribution in [0.25, 0.3) is 33.3 Å². The number of para-hydroxylation sites is 3. The van der Waals surface area contributed by atoms with Crippen molar-refractivity contribution in [2.75, 3.05) is 0 Å². The van der Waals surface area contributed by atoms with Gasteiger partial charge in [0.05, 0.1) is 16.6 Å². The molecule has 110 valence electrons.